The predicted molar refractivity (Wildman–Crippen MR) is 52.4 cm³/mol. The van der Waals surface area contributed by atoms with E-state index in [1.54, 1.807) is 0 Å². The molecule has 1 rings (SSSR count). The molecule has 74 valence electrons. The highest BCUT2D eigenvalue weighted by Gasteiger charge is 2.06. The number of hydrogen-bond acceptors (Lipinski definition) is 3. The van der Waals surface area contributed by atoms with E-state index in [0.717, 1.165) is 36.5 Å². The van der Waals surface area contributed by atoms with Crippen LogP contribution in [0.25, 0.3) is 0 Å². The molecule has 0 fully saturated rings. The number of anilines is 1. The molecule has 0 aromatic carbocycles. The Balaban J connectivity index is 2.61. The standard InChI is InChI=1S/C9H17N3O/c1-7-9(10)8(2)12(11-7)5-3-4-6-13/h13H,3-6,10H2,1-2H3. The Morgan fingerprint density at radius 1 is 1.38 bits per heavy atom. The van der Waals surface area contributed by atoms with E-state index in [1.807, 2.05) is 18.5 Å². The molecule has 0 saturated carbocycles. The third-order valence-corrected chi connectivity index (χ3v) is 2.22. The van der Waals surface area contributed by atoms with Crippen LogP contribution in [-0.2, 0) is 6.54 Å². The van der Waals surface area contributed by atoms with E-state index in [0.29, 0.717) is 0 Å². The second-order valence-corrected chi connectivity index (χ2v) is 3.24. The summed E-state index contributed by atoms with van der Waals surface area (Å²) in [5, 5.41) is 12.9. The van der Waals surface area contributed by atoms with E-state index in [4.69, 9.17) is 10.8 Å². The first-order valence-corrected chi connectivity index (χ1v) is 4.57. The minimum Gasteiger partial charge on any atom is -0.396 e. The second kappa shape index (κ2) is 4.28. The highest BCUT2D eigenvalue weighted by Crippen LogP contribution is 2.14. The molecule has 0 spiro atoms. The lowest BCUT2D eigenvalue weighted by Gasteiger charge is -2.02. The van der Waals surface area contributed by atoms with Crippen LogP contribution in [0.4, 0.5) is 5.69 Å². The molecule has 13 heavy (non-hydrogen) atoms. The lowest BCUT2D eigenvalue weighted by atomic mass is 10.3. The molecule has 0 amide bonds. The maximum Gasteiger partial charge on any atom is 0.0825 e. The molecular formula is C9H17N3O. The molecule has 0 aliphatic rings. The van der Waals surface area contributed by atoms with Crippen molar-refractivity contribution in [2.24, 2.45) is 0 Å². The van der Waals surface area contributed by atoms with Crippen molar-refractivity contribution < 1.29 is 5.11 Å². The summed E-state index contributed by atoms with van der Waals surface area (Å²) in [7, 11) is 0. The van der Waals surface area contributed by atoms with Crippen molar-refractivity contribution in [3.8, 4) is 0 Å². The molecular weight excluding hydrogens is 166 g/mol. The third kappa shape index (κ3) is 2.21. The van der Waals surface area contributed by atoms with Gasteiger partial charge in [0.2, 0.25) is 0 Å². The number of aryl methyl sites for hydroxylation is 2. The number of rotatable bonds is 4. The summed E-state index contributed by atoms with van der Waals surface area (Å²) in [6.07, 6.45) is 1.76. The van der Waals surface area contributed by atoms with E-state index in [1.165, 1.54) is 0 Å². The van der Waals surface area contributed by atoms with Crippen LogP contribution in [0.3, 0.4) is 0 Å². The number of aliphatic hydroxyl groups is 1. The Hall–Kier alpha value is -1.03. The van der Waals surface area contributed by atoms with E-state index in [-0.39, 0.29) is 6.61 Å². The minimum atomic E-state index is 0.245. The van der Waals surface area contributed by atoms with Crippen LogP contribution in [0.2, 0.25) is 0 Å². The Morgan fingerprint density at radius 3 is 2.54 bits per heavy atom. The summed E-state index contributed by atoms with van der Waals surface area (Å²) in [5.74, 6) is 0. The number of nitrogens with two attached hydrogens (primary N) is 1. The largest absolute Gasteiger partial charge is 0.396 e. The maximum atomic E-state index is 8.62. The number of unbranched alkanes of at least 4 members (excludes halogenated alkanes) is 1. The molecule has 4 nitrogen and oxygen atoms in total. The highest BCUT2D eigenvalue weighted by atomic mass is 16.2. The number of nitrogens with zero attached hydrogens (tertiary/aromatic N) is 2. The molecule has 0 bridgehead atoms. The van der Waals surface area contributed by atoms with Gasteiger partial charge in [-0.2, -0.15) is 5.10 Å². The SMILES string of the molecule is Cc1nn(CCCCO)c(C)c1N. The van der Waals surface area contributed by atoms with Crippen molar-refractivity contribution in [1.29, 1.82) is 0 Å². The molecule has 0 aliphatic carbocycles. The summed E-state index contributed by atoms with van der Waals surface area (Å²) >= 11 is 0. The normalized spacial score (nSPS) is 10.7. The molecule has 3 N–H and O–H groups in total. The fourth-order valence-electron chi connectivity index (χ4n) is 1.30. The van der Waals surface area contributed by atoms with Gasteiger partial charge in [-0.15, -0.1) is 0 Å². The van der Waals surface area contributed by atoms with Gasteiger partial charge in [-0.25, -0.2) is 0 Å². The number of nitrogen functional groups attached to an aromatic ring is 1. The Labute approximate surface area is 78.4 Å². The molecule has 0 saturated heterocycles. The topological polar surface area (TPSA) is 64.1 Å². The average Bonchev–Trinajstić information content (AvgIpc) is 2.34. The van der Waals surface area contributed by atoms with Crippen LogP contribution in [0.15, 0.2) is 0 Å². The van der Waals surface area contributed by atoms with Crippen molar-refractivity contribution in [3.63, 3.8) is 0 Å². The summed E-state index contributed by atoms with van der Waals surface area (Å²) in [4.78, 5) is 0. The fourth-order valence-corrected chi connectivity index (χ4v) is 1.30. The average molecular weight is 183 g/mol. The molecule has 0 radical (unpaired) electrons. The summed E-state index contributed by atoms with van der Waals surface area (Å²) < 4.78 is 1.90. The third-order valence-electron chi connectivity index (χ3n) is 2.22. The van der Waals surface area contributed by atoms with Crippen molar-refractivity contribution in [1.82, 2.24) is 9.78 Å². The van der Waals surface area contributed by atoms with Gasteiger partial charge in [0.1, 0.15) is 0 Å². The van der Waals surface area contributed by atoms with Crippen molar-refractivity contribution in [2.75, 3.05) is 12.3 Å². The first-order chi connectivity index (χ1) is 6.16. The van der Waals surface area contributed by atoms with Gasteiger partial charge in [0.25, 0.3) is 0 Å². The van der Waals surface area contributed by atoms with E-state index < -0.39 is 0 Å². The van der Waals surface area contributed by atoms with Crippen LogP contribution in [0, 0.1) is 13.8 Å². The van der Waals surface area contributed by atoms with Gasteiger partial charge in [0, 0.05) is 13.2 Å². The Bertz CT molecular complexity index is 281. The van der Waals surface area contributed by atoms with Crippen LogP contribution < -0.4 is 5.73 Å². The monoisotopic (exact) mass is 183 g/mol. The van der Waals surface area contributed by atoms with Gasteiger partial charge >= 0.3 is 0 Å². The predicted octanol–water partition coefficient (Wildman–Crippen LogP) is 0.855. The van der Waals surface area contributed by atoms with Crippen molar-refractivity contribution >= 4 is 5.69 Å². The van der Waals surface area contributed by atoms with Gasteiger partial charge in [-0.3, -0.25) is 4.68 Å². The van der Waals surface area contributed by atoms with Gasteiger partial charge in [-0.1, -0.05) is 0 Å². The lowest BCUT2D eigenvalue weighted by molar-refractivity contribution is 0.280. The van der Waals surface area contributed by atoms with E-state index in [9.17, 15) is 0 Å². The summed E-state index contributed by atoms with van der Waals surface area (Å²) in [5.41, 5.74) is 8.47. The maximum absolute atomic E-state index is 8.62. The molecule has 0 aliphatic heterocycles. The van der Waals surface area contributed by atoms with Gasteiger partial charge in [-0.05, 0) is 26.7 Å². The molecule has 0 atom stereocenters. The van der Waals surface area contributed by atoms with Crippen LogP contribution >= 0.6 is 0 Å². The number of aromatic nitrogens is 2. The summed E-state index contributed by atoms with van der Waals surface area (Å²) in [6, 6.07) is 0. The zero-order valence-corrected chi connectivity index (χ0v) is 8.25. The quantitative estimate of drug-likeness (QED) is 0.680. The van der Waals surface area contributed by atoms with Crippen LogP contribution in [0.1, 0.15) is 24.2 Å². The fraction of sp³-hybridized carbons (Fsp3) is 0.667. The molecule has 1 aromatic heterocycles. The Kier molecular flexibility index (Phi) is 3.31. The van der Waals surface area contributed by atoms with E-state index in [2.05, 4.69) is 5.10 Å². The van der Waals surface area contributed by atoms with Crippen LogP contribution in [0.5, 0.6) is 0 Å². The first kappa shape index (κ1) is 10.1. The van der Waals surface area contributed by atoms with E-state index >= 15 is 0 Å². The Morgan fingerprint density at radius 2 is 2.08 bits per heavy atom. The summed E-state index contributed by atoms with van der Waals surface area (Å²) in [6.45, 7) is 4.96. The zero-order chi connectivity index (χ0) is 9.84. The lowest BCUT2D eigenvalue weighted by Crippen LogP contribution is -2.03. The first-order valence-electron chi connectivity index (χ1n) is 4.57. The van der Waals surface area contributed by atoms with Gasteiger partial charge < -0.3 is 10.8 Å². The molecule has 1 aromatic rings. The highest BCUT2D eigenvalue weighted by molar-refractivity contribution is 5.46. The van der Waals surface area contributed by atoms with Gasteiger partial charge in [0.15, 0.2) is 0 Å². The minimum absolute atomic E-state index is 0.245. The zero-order valence-electron chi connectivity index (χ0n) is 8.25. The molecule has 4 heteroatoms. The van der Waals surface area contributed by atoms with Gasteiger partial charge in [0.05, 0.1) is 17.1 Å². The van der Waals surface area contributed by atoms with Crippen molar-refractivity contribution in [3.05, 3.63) is 11.4 Å². The molecule has 1 heterocycles. The smallest absolute Gasteiger partial charge is 0.0825 e. The second-order valence-electron chi connectivity index (χ2n) is 3.24. The van der Waals surface area contributed by atoms with Crippen LogP contribution in [-0.4, -0.2) is 21.5 Å². The number of aliphatic hydroxyl groups excluding tert-OH is 1. The number of hydrogen-bond donors (Lipinski definition) is 2. The molecule has 0 unspecified atom stereocenters. The van der Waals surface area contributed by atoms with Crippen molar-refractivity contribution in [2.45, 2.75) is 33.2 Å².